The summed E-state index contributed by atoms with van der Waals surface area (Å²) in [6, 6.07) is 3.59. The summed E-state index contributed by atoms with van der Waals surface area (Å²) in [5.41, 5.74) is 0.190. The molecule has 1 aromatic rings. The number of halogens is 1. The Morgan fingerprint density at radius 1 is 1.50 bits per heavy atom. The summed E-state index contributed by atoms with van der Waals surface area (Å²) in [7, 11) is 0. The van der Waals surface area contributed by atoms with Crippen molar-refractivity contribution >= 4 is 0 Å². The van der Waals surface area contributed by atoms with Crippen LogP contribution in [0.3, 0.4) is 0 Å². The normalized spacial score (nSPS) is 30.3. The number of rotatable bonds is 2. The van der Waals surface area contributed by atoms with Crippen LogP contribution in [0, 0.1) is 5.95 Å². The van der Waals surface area contributed by atoms with Crippen LogP contribution in [0.25, 0.3) is 0 Å². The molecule has 0 radical (unpaired) electrons. The zero-order valence-corrected chi connectivity index (χ0v) is 9.62. The van der Waals surface area contributed by atoms with Gasteiger partial charge in [0.15, 0.2) is 0 Å². The van der Waals surface area contributed by atoms with Crippen LogP contribution in [0.2, 0.25) is 0 Å². The summed E-state index contributed by atoms with van der Waals surface area (Å²) >= 11 is 0. The standard InChI is InChI=1S/C13H18FNO/c1-2-13(16)7-5-10(6-8-13)11-4-3-9-15-12(11)14/h3-4,9-10,16H,2,5-8H2,1H3. The van der Waals surface area contributed by atoms with E-state index < -0.39 is 5.60 Å². The Labute approximate surface area is 95.5 Å². The molecule has 0 atom stereocenters. The lowest BCUT2D eigenvalue weighted by molar-refractivity contribution is -0.00450. The maximum atomic E-state index is 13.5. The lowest BCUT2D eigenvalue weighted by Crippen LogP contribution is -2.32. The number of hydrogen-bond donors (Lipinski definition) is 1. The molecule has 1 saturated carbocycles. The summed E-state index contributed by atoms with van der Waals surface area (Å²) in [6.07, 6.45) is 5.50. The van der Waals surface area contributed by atoms with Crippen LogP contribution in [0.15, 0.2) is 18.3 Å². The molecule has 1 heterocycles. The monoisotopic (exact) mass is 223 g/mol. The average molecular weight is 223 g/mol. The molecule has 0 spiro atoms. The van der Waals surface area contributed by atoms with E-state index in [0.717, 1.165) is 32.1 Å². The number of nitrogens with zero attached hydrogens (tertiary/aromatic N) is 1. The minimum atomic E-state index is -0.519. The number of aliphatic hydroxyl groups is 1. The van der Waals surface area contributed by atoms with Gasteiger partial charge in [0.1, 0.15) is 0 Å². The molecule has 0 unspecified atom stereocenters. The zero-order valence-electron chi connectivity index (χ0n) is 9.62. The quantitative estimate of drug-likeness (QED) is 0.782. The molecule has 3 heteroatoms. The second-order valence-corrected chi connectivity index (χ2v) is 4.74. The summed E-state index contributed by atoms with van der Waals surface area (Å²) in [5, 5.41) is 10.1. The Morgan fingerprint density at radius 2 is 2.19 bits per heavy atom. The van der Waals surface area contributed by atoms with E-state index in [-0.39, 0.29) is 11.9 Å². The van der Waals surface area contributed by atoms with Crippen LogP contribution < -0.4 is 0 Å². The highest BCUT2D eigenvalue weighted by Gasteiger charge is 2.32. The smallest absolute Gasteiger partial charge is 0.216 e. The first-order chi connectivity index (χ1) is 7.64. The van der Waals surface area contributed by atoms with Crippen LogP contribution in [0.1, 0.15) is 50.5 Å². The van der Waals surface area contributed by atoms with Gasteiger partial charge in [-0.25, -0.2) is 4.98 Å². The fraction of sp³-hybridized carbons (Fsp3) is 0.615. The first-order valence-corrected chi connectivity index (χ1v) is 5.97. The first kappa shape index (κ1) is 11.5. The van der Waals surface area contributed by atoms with Crippen molar-refractivity contribution in [3.05, 3.63) is 29.8 Å². The van der Waals surface area contributed by atoms with Crippen molar-refractivity contribution in [1.82, 2.24) is 4.98 Å². The molecule has 1 N–H and O–H groups in total. The van der Waals surface area contributed by atoms with E-state index >= 15 is 0 Å². The van der Waals surface area contributed by atoms with Gasteiger partial charge < -0.3 is 5.11 Å². The van der Waals surface area contributed by atoms with E-state index in [9.17, 15) is 9.50 Å². The second-order valence-electron chi connectivity index (χ2n) is 4.74. The molecule has 2 rings (SSSR count). The third kappa shape index (κ3) is 2.24. The van der Waals surface area contributed by atoms with Crippen LogP contribution in [-0.4, -0.2) is 15.7 Å². The molecule has 1 aliphatic carbocycles. The molecule has 1 aromatic heterocycles. The Kier molecular flexibility index (Phi) is 3.24. The molecule has 0 aliphatic heterocycles. The molecule has 1 aliphatic rings. The van der Waals surface area contributed by atoms with Gasteiger partial charge in [0.05, 0.1) is 5.60 Å². The van der Waals surface area contributed by atoms with Crippen molar-refractivity contribution in [3.8, 4) is 0 Å². The molecular formula is C13H18FNO. The van der Waals surface area contributed by atoms with Gasteiger partial charge in [-0.15, -0.1) is 0 Å². The van der Waals surface area contributed by atoms with Gasteiger partial charge in [0.2, 0.25) is 5.95 Å². The third-order valence-electron chi connectivity index (χ3n) is 3.80. The van der Waals surface area contributed by atoms with Gasteiger partial charge in [0, 0.05) is 11.8 Å². The topological polar surface area (TPSA) is 33.1 Å². The molecule has 0 aromatic carbocycles. The average Bonchev–Trinajstić information content (AvgIpc) is 2.31. The second kappa shape index (κ2) is 4.50. The summed E-state index contributed by atoms with van der Waals surface area (Å²) in [4.78, 5) is 3.68. The highest BCUT2D eigenvalue weighted by Crippen LogP contribution is 2.39. The van der Waals surface area contributed by atoms with E-state index in [1.165, 1.54) is 6.20 Å². The highest BCUT2D eigenvalue weighted by atomic mass is 19.1. The fourth-order valence-electron chi connectivity index (χ4n) is 2.52. The van der Waals surface area contributed by atoms with E-state index in [2.05, 4.69) is 4.98 Å². The summed E-state index contributed by atoms with van der Waals surface area (Å²) in [6.45, 7) is 2.00. The summed E-state index contributed by atoms with van der Waals surface area (Å²) < 4.78 is 13.5. The summed E-state index contributed by atoms with van der Waals surface area (Å²) in [5.74, 6) is -0.130. The van der Waals surface area contributed by atoms with Crippen molar-refractivity contribution in [2.45, 2.75) is 50.5 Å². The molecule has 1 fully saturated rings. The highest BCUT2D eigenvalue weighted by molar-refractivity contribution is 5.17. The van der Waals surface area contributed by atoms with Crippen LogP contribution in [-0.2, 0) is 0 Å². The van der Waals surface area contributed by atoms with Crippen molar-refractivity contribution in [1.29, 1.82) is 0 Å². The Hall–Kier alpha value is -0.960. The predicted octanol–water partition coefficient (Wildman–Crippen LogP) is 3.02. The van der Waals surface area contributed by atoms with Gasteiger partial charge in [-0.1, -0.05) is 13.0 Å². The Morgan fingerprint density at radius 3 is 2.75 bits per heavy atom. The minimum Gasteiger partial charge on any atom is -0.390 e. The maximum Gasteiger partial charge on any atom is 0.216 e. The molecule has 0 bridgehead atoms. The molecule has 0 saturated heterocycles. The van der Waals surface area contributed by atoms with Gasteiger partial charge in [0.25, 0.3) is 0 Å². The van der Waals surface area contributed by atoms with Gasteiger partial charge in [-0.05, 0) is 44.1 Å². The lowest BCUT2D eigenvalue weighted by atomic mass is 9.75. The van der Waals surface area contributed by atoms with Crippen LogP contribution >= 0.6 is 0 Å². The van der Waals surface area contributed by atoms with E-state index in [1.54, 1.807) is 6.07 Å². The van der Waals surface area contributed by atoms with Crippen molar-refractivity contribution in [2.24, 2.45) is 0 Å². The molecule has 0 amide bonds. The van der Waals surface area contributed by atoms with Gasteiger partial charge in [-0.2, -0.15) is 4.39 Å². The molecule has 2 nitrogen and oxygen atoms in total. The lowest BCUT2D eigenvalue weighted by Gasteiger charge is -2.35. The van der Waals surface area contributed by atoms with Crippen molar-refractivity contribution < 1.29 is 9.50 Å². The molecule has 88 valence electrons. The first-order valence-electron chi connectivity index (χ1n) is 5.97. The fourth-order valence-corrected chi connectivity index (χ4v) is 2.52. The number of hydrogen-bond acceptors (Lipinski definition) is 2. The van der Waals surface area contributed by atoms with Crippen molar-refractivity contribution in [3.63, 3.8) is 0 Å². The number of pyridine rings is 1. The zero-order chi connectivity index (χ0) is 11.6. The van der Waals surface area contributed by atoms with Gasteiger partial charge in [-0.3, -0.25) is 0 Å². The largest absolute Gasteiger partial charge is 0.390 e. The van der Waals surface area contributed by atoms with Crippen molar-refractivity contribution in [2.75, 3.05) is 0 Å². The Balaban J connectivity index is 2.07. The molecular weight excluding hydrogens is 205 g/mol. The van der Waals surface area contributed by atoms with Crippen LogP contribution in [0.4, 0.5) is 4.39 Å². The maximum absolute atomic E-state index is 13.5. The predicted molar refractivity (Wildman–Crippen MR) is 60.6 cm³/mol. The minimum absolute atomic E-state index is 0.223. The SMILES string of the molecule is CCC1(O)CCC(c2cccnc2F)CC1. The van der Waals surface area contributed by atoms with Gasteiger partial charge >= 0.3 is 0 Å². The Bertz CT molecular complexity index is 359. The van der Waals surface area contributed by atoms with E-state index in [0.29, 0.717) is 5.56 Å². The molecule has 16 heavy (non-hydrogen) atoms. The van der Waals surface area contributed by atoms with E-state index in [1.807, 2.05) is 13.0 Å². The van der Waals surface area contributed by atoms with Crippen LogP contribution in [0.5, 0.6) is 0 Å². The third-order valence-corrected chi connectivity index (χ3v) is 3.80. The number of aromatic nitrogens is 1. The van der Waals surface area contributed by atoms with E-state index in [4.69, 9.17) is 0 Å².